The second kappa shape index (κ2) is 6.10. The minimum Gasteiger partial charge on any atom is -0.387 e. The molecule has 0 radical (unpaired) electrons. The van der Waals surface area contributed by atoms with Crippen LogP contribution in [-0.4, -0.2) is 34.7 Å². The number of thioether (sulfide) groups is 1. The van der Waals surface area contributed by atoms with Crippen LogP contribution in [0.3, 0.4) is 0 Å². The van der Waals surface area contributed by atoms with Gasteiger partial charge in [-0.15, -0.1) is 0 Å². The summed E-state index contributed by atoms with van der Waals surface area (Å²) >= 11 is 1.77. The summed E-state index contributed by atoms with van der Waals surface area (Å²) in [7, 11) is 0. The smallest absolute Gasteiger partial charge is 0.220 e. The van der Waals surface area contributed by atoms with E-state index in [1.165, 1.54) is 25.7 Å². The Balaban J connectivity index is 1.60. The van der Waals surface area contributed by atoms with Crippen molar-refractivity contribution in [3.8, 4) is 0 Å². The van der Waals surface area contributed by atoms with Crippen molar-refractivity contribution in [2.24, 2.45) is 5.92 Å². The van der Waals surface area contributed by atoms with Gasteiger partial charge < -0.3 is 10.4 Å². The Morgan fingerprint density at radius 3 is 2.82 bits per heavy atom. The molecule has 3 nitrogen and oxygen atoms in total. The Morgan fingerprint density at radius 1 is 1.41 bits per heavy atom. The maximum Gasteiger partial charge on any atom is 0.220 e. The third-order valence-electron chi connectivity index (χ3n) is 3.95. The minimum absolute atomic E-state index is 0.113. The van der Waals surface area contributed by atoms with Crippen molar-refractivity contribution in [3.63, 3.8) is 0 Å². The summed E-state index contributed by atoms with van der Waals surface area (Å²) in [6.07, 6.45) is 7.74. The average molecular weight is 257 g/mol. The van der Waals surface area contributed by atoms with Crippen LogP contribution in [0.5, 0.6) is 0 Å². The second-order valence-corrected chi connectivity index (χ2v) is 6.60. The van der Waals surface area contributed by atoms with E-state index in [1.807, 2.05) is 0 Å². The normalized spacial score (nSPS) is 29.7. The third kappa shape index (κ3) is 4.18. The zero-order valence-electron chi connectivity index (χ0n) is 10.4. The lowest BCUT2D eigenvalue weighted by molar-refractivity contribution is -0.122. The van der Waals surface area contributed by atoms with E-state index < -0.39 is 5.60 Å². The maximum absolute atomic E-state index is 11.7. The molecular formula is C13H23NO2S. The first kappa shape index (κ1) is 13.2. The molecule has 2 rings (SSSR count). The number of amides is 1. The van der Waals surface area contributed by atoms with Crippen molar-refractivity contribution in [3.05, 3.63) is 0 Å². The fraction of sp³-hybridized carbons (Fsp3) is 0.923. The first-order valence-electron chi connectivity index (χ1n) is 6.75. The van der Waals surface area contributed by atoms with Gasteiger partial charge in [-0.3, -0.25) is 4.79 Å². The van der Waals surface area contributed by atoms with E-state index in [1.54, 1.807) is 11.8 Å². The first-order valence-corrected chi connectivity index (χ1v) is 7.90. The van der Waals surface area contributed by atoms with E-state index in [0.717, 1.165) is 30.3 Å². The fourth-order valence-corrected chi connectivity index (χ4v) is 4.02. The molecule has 1 unspecified atom stereocenters. The molecule has 1 aliphatic carbocycles. The van der Waals surface area contributed by atoms with Crippen molar-refractivity contribution < 1.29 is 9.90 Å². The molecule has 1 saturated heterocycles. The van der Waals surface area contributed by atoms with E-state index in [9.17, 15) is 9.90 Å². The van der Waals surface area contributed by atoms with Crippen LogP contribution in [0, 0.1) is 5.92 Å². The largest absolute Gasteiger partial charge is 0.387 e. The summed E-state index contributed by atoms with van der Waals surface area (Å²) in [5, 5.41) is 13.0. The van der Waals surface area contributed by atoms with Gasteiger partial charge in [0, 0.05) is 18.7 Å². The minimum atomic E-state index is -0.645. The highest BCUT2D eigenvalue weighted by Crippen LogP contribution is 2.29. The van der Waals surface area contributed by atoms with Crippen molar-refractivity contribution in [2.45, 2.75) is 50.5 Å². The van der Waals surface area contributed by atoms with Gasteiger partial charge in [0.1, 0.15) is 0 Å². The molecule has 1 amide bonds. The zero-order chi connectivity index (χ0) is 12.1. The Labute approximate surface area is 108 Å². The standard InChI is InChI=1S/C13H23NO2S/c15-12(6-5-11-3-1-2-4-11)14-9-13(16)7-8-17-10-13/h11,16H,1-10H2,(H,14,15). The molecule has 17 heavy (non-hydrogen) atoms. The molecule has 0 aromatic heterocycles. The quantitative estimate of drug-likeness (QED) is 0.791. The van der Waals surface area contributed by atoms with Crippen molar-refractivity contribution in [1.82, 2.24) is 5.32 Å². The molecule has 2 N–H and O–H groups in total. The molecule has 0 aromatic rings. The van der Waals surface area contributed by atoms with Gasteiger partial charge in [0.15, 0.2) is 0 Å². The van der Waals surface area contributed by atoms with Crippen molar-refractivity contribution >= 4 is 17.7 Å². The number of carbonyl (C=O) groups excluding carboxylic acids is 1. The topological polar surface area (TPSA) is 49.3 Å². The highest BCUT2D eigenvalue weighted by Gasteiger charge is 2.31. The van der Waals surface area contributed by atoms with Gasteiger partial charge in [-0.2, -0.15) is 11.8 Å². The molecule has 2 aliphatic rings. The number of carbonyl (C=O) groups is 1. The molecular weight excluding hydrogens is 234 g/mol. The Hall–Kier alpha value is -0.220. The monoisotopic (exact) mass is 257 g/mol. The summed E-state index contributed by atoms with van der Waals surface area (Å²) in [4.78, 5) is 11.7. The molecule has 1 aliphatic heterocycles. The van der Waals surface area contributed by atoms with Crippen LogP contribution in [-0.2, 0) is 4.79 Å². The number of aliphatic hydroxyl groups is 1. The summed E-state index contributed by atoms with van der Waals surface area (Å²) in [6.45, 7) is 0.434. The molecule has 1 heterocycles. The van der Waals surface area contributed by atoms with E-state index in [4.69, 9.17) is 0 Å². The molecule has 1 atom stereocenters. The fourth-order valence-electron chi connectivity index (χ4n) is 2.72. The van der Waals surface area contributed by atoms with Gasteiger partial charge in [0.25, 0.3) is 0 Å². The van der Waals surface area contributed by atoms with Crippen LogP contribution in [0.2, 0.25) is 0 Å². The number of hydrogen-bond acceptors (Lipinski definition) is 3. The average Bonchev–Trinajstić information content (AvgIpc) is 2.95. The molecule has 4 heteroatoms. The van der Waals surface area contributed by atoms with Gasteiger partial charge in [0.05, 0.1) is 5.60 Å². The van der Waals surface area contributed by atoms with Crippen LogP contribution in [0.4, 0.5) is 0 Å². The molecule has 2 fully saturated rings. The highest BCUT2D eigenvalue weighted by atomic mass is 32.2. The summed E-state index contributed by atoms with van der Waals surface area (Å²) in [5.41, 5.74) is -0.645. The van der Waals surface area contributed by atoms with Gasteiger partial charge in [-0.05, 0) is 24.5 Å². The lowest BCUT2D eigenvalue weighted by Gasteiger charge is -2.21. The van der Waals surface area contributed by atoms with E-state index in [-0.39, 0.29) is 5.91 Å². The lowest BCUT2D eigenvalue weighted by Crippen LogP contribution is -2.42. The maximum atomic E-state index is 11.7. The Morgan fingerprint density at radius 2 is 2.18 bits per heavy atom. The summed E-state index contributed by atoms with van der Waals surface area (Å²) < 4.78 is 0. The van der Waals surface area contributed by atoms with Gasteiger partial charge in [-0.25, -0.2) is 0 Å². The van der Waals surface area contributed by atoms with Crippen LogP contribution >= 0.6 is 11.8 Å². The molecule has 0 spiro atoms. The van der Waals surface area contributed by atoms with E-state index in [2.05, 4.69) is 5.32 Å². The summed E-state index contributed by atoms with van der Waals surface area (Å²) in [5.74, 6) is 2.65. The van der Waals surface area contributed by atoms with Crippen LogP contribution in [0.25, 0.3) is 0 Å². The van der Waals surface area contributed by atoms with Crippen LogP contribution < -0.4 is 5.32 Å². The predicted octanol–water partition coefficient (Wildman–Crippen LogP) is 1.94. The zero-order valence-corrected chi connectivity index (χ0v) is 11.2. The first-order chi connectivity index (χ1) is 8.18. The van der Waals surface area contributed by atoms with Crippen molar-refractivity contribution in [1.29, 1.82) is 0 Å². The number of rotatable bonds is 5. The SMILES string of the molecule is O=C(CCC1CCCC1)NCC1(O)CCSC1. The van der Waals surface area contributed by atoms with E-state index in [0.29, 0.717) is 13.0 Å². The van der Waals surface area contributed by atoms with Gasteiger partial charge >= 0.3 is 0 Å². The van der Waals surface area contributed by atoms with E-state index >= 15 is 0 Å². The Bertz CT molecular complexity index is 258. The summed E-state index contributed by atoms with van der Waals surface area (Å²) in [6, 6.07) is 0. The molecule has 1 saturated carbocycles. The number of hydrogen-bond donors (Lipinski definition) is 2. The van der Waals surface area contributed by atoms with Gasteiger partial charge in [0.2, 0.25) is 5.91 Å². The Kier molecular flexibility index (Phi) is 4.74. The second-order valence-electron chi connectivity index (χ2n) is 5.49. The van der Waals surface area contributed by atoms with Gasteiger partial charge in [-0.1, -0.05) is 25.7 Å². The highest BCUT2D eigenvalue weighted by molar-refractivity contribution is 7.99. The molecule has 0 bridgehead atoms. The lowest BCUT2D eigenvalue weighted by atomic mass is 10.0. The number of nitrogens with one attached hydrogen (secondary N) is 1. The van der Waals surface area contributed by atoms with Crippen molar-refractivity contribution in [2.75, 3.05) is 18.1 Å². The predicted molar refractivity (Wildman–Crippen MR) is 71.1 cm³/mol. The van der Waals surface area contributed by atoms with Crippen LogP contribution in [0.1, 0.15) is 44.9 Å². The molecule has 0 aromatic carbocycles. The third-order valence-corrected chi connectivity index (χ3v) is 5.19. The van der Waals surface area contributed by atoms with Crippen LogP contribution in [0.15, 0.2) is 0 Å². The molecule has 98 valence electrons.